The fourth-order valence-electron chi connectivity index (χ4n) is 1.25. The van der Waals surface area contributed by atoms with E-state index in [4.69, 9.17) is 4.52 Å². The Kier molecular flexibility index (Phi) is 3.56. The summed E-state index contributed by atoms with van der Waals surface area (Å²) in [6.07, 6.45) is 1.59. The molecular formula is C10H11BrN2OS. The van der Waals surface area contributed by atoms with Gasteiger partial charge in [-0.25, -0.2) is 0 Å². The summed E-state index contributed by atoms with van der Waals surface area (Å²) >= 11 is 5.30. The van der Waals surface area contributed by atoms with Crippen molar-refractivity contribution >= 4 is 27.3 Å². The van der Waals surface area contributed by atoms with Crippen molar-refractivity contribution in [3.8, 4) is 0 Å². The quantitative estimate of drug-likeness (QED) is 0.939. The molecule has 0 radical (unpaired) electrons. The van der Waals surface area contributed by atoms with Crippen LogP contribution in [0.25, 0.3) is 0 Å². The van der Waals surface area contributed by atoms with Crippen LogP contribution in [0.3, 0.4) is 0 Å². The molecule has 0 aliphatic heterocycles. The summed E-state index contributed by atoms with van der Waals surface area (Å²) in [7, 11) is 0. The summed E-state index contributed by atoms with van der Waals surface area (Å²) in [4.78, 5) is 2.64. The highest BCUT2D eigenvalue weighted by molar-refractivity contribution is 9.10. The zero-order valence-corrected chi connectivity index (χ0v) is 10.7. The molecule has 2 aromatic heterocycles. The predicted octanol–water partition coefficient (Wildman–Crippen LogP) is 3.10. The monoisotopic (exact) mass is 286 g/mol. The number of halogens is 1. The maximum atomic E-state index is 4.75. The normalized spacial score (nSPS) is 10.8. The number of nitrogens with one attached hydrogen (secondary N) is 1. The van der Waals surface area contributed by atoms with Gasteiger partial charge in [0.1, 0.15) is 6.26 Å². The Morgan fingerprint density at radius 2 is 2.40 bits per heavy atom. The molecular weight excluding hydrogens is 276 g/mol. The number of hydrogen-bond acceptors (Lipinski definition) is 4. The van der Waals surface area contributed by atoms with Gasteiger partial charge in [-0.05, 0) is 28.9 Å². The van der Waals surface area contributed by atoms with Crippen LogP contribution in [-0.4, -0.2) is 5.16 Å². The van der Waals surface area contributed by atoms with Gasteiger partial charge in [0.15, 0.2) is 0 Å². The minimum Gasteiger partial charge on any atom is -0.364 e. The van der Waals surface area contributed by atoms with E-state index < -0.39 is 0 Å². The lowest BCUT2D eigenvalue weighted by atomic mass is 10.4. The molecule has 0 aliphatic carbocycles. The van der Waals surface area contributed by atoms with E-state index in [-0.39, 0.29) is 0 Å². The second kappa shape index (κ2) is 4.92. The fraction of sp³-hybridized carbons (Fsp3) is 0.300. The summed E-state index contributed by atoms with van der Waals surface area (Å²) in [5.74, 6) is 0. The van der Waals surface area contributed by atoms with Gasteiger partial charge in [0.2, 0.25) is 0 Å². The number of hydrogen-bond donors (Lipinski definition) is 1. The average molecular weight is 287 g/mol. The summed E-state index contributed by atoms with van der Waals surface area (Å²) < 4.78 is 5.93. The Morgan fingerprint density at radius 3 is 3.00 bits per heavy atom. The molecule has 2 heterocycles. The van der Waals surface area contributed by atoms with E-state index in [1.165, 1.54) is 14.2 Å². The summed E-state index contributed by atoms with van der Waals surface area (Å²) in [6.45, 7) is 3.71. The molecule has 15 heavy (non-hydrogen) atoms. The molecule has 0 aliphatic rings. The Hall–Kier alpha value is -0.650. The molecule has 0 fully saturated rings. The first kappa shape index (κ1) is 10.9. The lowest BCUT2D eigenvalue weighted by molar-refractivity contribution is 0.408. The highest BCUT2D eigenvalue weighted by Gasteiger charge is 2.02. The first-order valence-electron chi connectivity index (χ1n) is 4.60. The standard InChI is InChI=1S/C10H11BrN2OS/c1-7-10(11)4-9(15-7)6-12-5-8-2-3-14-13-8/h2-4,12H,5-6H2,1H3. The number of aromatic nitrogens is 1. The van der Waals surface area contributed by atoms with E-state index in [1.807, 2.05) is 6.07 Å². The second-order valence-electron chi connectivity index (χ2n) is 3.21. The second-order valence-corrected chi connectivity index (χ2v) is 5.41. The van der Waals surface area contributed by atoms with Gasteiger partial charge in [0, 0.05) is 33.4 Å². The molecule has 80 valence electrons. The number of nitrogens with zero attached hydrogens (tertiary/aromatic N) is 1. The van der Waals surface area contributed by atoms with Crippen LogP contribution in [0.1, 0.15) is 15.4 Å². The van der Waals surface area contributed by atoms with Gasteiger partial charge in [-0.2, -0.15) is 0 Å². The fourth-order valence-corrected chi connectivity index (χ4v) is 2.82. The predicted molar refractivity (Wildman–Crippen MR) is 63.8 cm³/mol. The topological polar surface area (TPSA) is 38.1 Å². The average Bonchev–Trinajstić information content (AvgIpc) is 2.79. The van der Waals surface area contributed by atoms with Gasteiger partial charge in [0.05, 0.1) is 5.69 Å². The molecule has 0 spiro atoms. The van der Waals surface area contributed by atoms with Crippen molar-refractivity contribution in [3.05, 3.63) is 38.3 Å². The third-order valence-electron chi connectivity index (χ3n) is 2.00. The molecule has 0 aromatic carbocycles. The smallest absolute Gasteiger partial charge is 0.124 e. The summed E-state index contributed by atoms with van der Waals surface area (Å²) in [6, 6.07) is 4.01. The van der Waals surface area contributed by atoms with Gasteiger partial charge >= 0.3 is 0 Å². The lowest BCUT2D eigenvalue weighted by Gasteiger charge is -1.98. The molecule has 0 amide bonds. The zero-order valence-electron chi connectivity index (χ0n) is 8.29. The van der Waals surface area contributed by atoms with E-state index in [1.54, 1.807) is 17.6 Å². The van der Waals surface area contributed by atoms with E-state index in [0.717, 1.165) is 18.8 Å². The first-order valence-corrected chi connectivity index (χ1v) is 6.21. The molecule has 0 atom stereocenters. The van der Waals surface area contributed by atoms with Crippen molar-refractivity contribution in [1.82, 2.24) is 10.5 Å². The Balaban J connectivity index is 1.83. The molecule has 3 nitrogen and oxygen atoms in total. The van der Waals surface area contributed by atoms with Crippen molar-refractivity contribution in [3.63, 3.8) is 0 Å². The van der Waals surface area contributed by atoms with Crippen LogP contribution in [-0.2, 0) is 13.1 Å². The third-order valence-corrected chi connectivity index (χ3v) is 4.14. The van der Waals surface area contributed by atoms with E-state index in [0.29, 0.717) is 0 Å². The molecule has 2 aromatic rings. The SMILES string of the molecule is Cc1sc(CNCc2ccon2)cc1Br. The van der Waals surface area contributed by atoms with Crippen LogP contribution in [0, 0.1) is 6.92 Å². The van der Waals surface area contributed by atoms with Gasteiger partial charge < -0.3 is 9.84 Å². The lowest BCUT2D eigenvalue weighted by Crippen LogP contribution is -2.11. The van der Waals surface area contributed by atoms with Gasteiger partial charge in [-0.1, -0.05) is 5.16 Å². The Labute approximate surface area is 101 Å². The molecule has 5 heteroatoms. The van der Waals surface area contributed by atoms with Crippen LogP contribution in [0.2, 0.25) is 0 Å². The minimum atomic E-state index is 0.741. The van der Waals surface area contributed by atoms with E-state index in [9.17, 15) is 0 Å². The highest BCUT2D eigenvalue weighted by atomic mass is 79.9. The minimum absolute atomic E-state index is 0.741. The molecule has 0 bridgehead atoms. The number of aryl methyl sites for hydroxylation is 1. The molecule has 0 unspecified atom stereocenters. The van der Waals surface area contributed by atoms with Crippen molar-refractivity contribution in [2.75, 3.05) is 0 Å². The van der Waals surface area contributed by atoms with Crippen LogP contribution in [0.5, 0.6) is 0 Å². The van der Waals surface area contributed by atoms with Crippen molar-refractivity contribution in [1.29, 1.82) is 0 Å². The molecule has 2 rings (SSSR count). The maximum Gasteiger partial charge on any atom is 0.124 e. The van der Waals surface area contributed by atoms with Crippen molar-refractivity contribution in [2.45, 2.75) is 20.0 Å². The first-order chi connectivity index (χ1) is 7.25. The summed E-state index contributed by atoms with van der Waals surface area (Å²) in [5.41, 5.74) is 0.933. The van der Waals surface area contributed by atoms with Crippen LogP contribution < -0.4 is 5.32 Å². The Morgan fingerprint density at radius 1 is 1.53 bits per heavy atom. The maximum absolute atomic E-state index is 4.75. The van der Waals surface area contributed by atoms with E-state index >= 15 is 0 Å². The molecule has 1 N–H and O–H groups in total. The van der Waals surface area contributed by atoms with E-state index in [2.05, 4.69) is 39.4 Å². The van der Waals surface area contributed by atoms with Crippen molar-refractivity contribution < 1.29 is 4.52 Å². The number of thiophene rings is 1. The largest absolute Gasteiger partial charge is 0.364 e. The Bertz CT molecular complexity index is 405. The third kappa shape index (κ3) is 2.90. The summed E-state index contributed by atoms with van der Waals surface area (Å²) in [5, 5.41) is 7.14. The number of rotatable bonds is 4. The molecule has 0 saturated carbocycles. The van der Waals surface area contributed by atoms with Crippen molar-refractivity contribution in [2.24, 2.45) is 0 Å². The van der Waals surface area contributed by atoms with Gasteiger partial charge in [-0.15, -0.1) is 11.3 Å². The van der Waals surface area contributed by atoms with Crippen LogP contribution in [0.15, 0.2) is 27.4 Å². The zero-order chi connectivity index (χ0) is 10.7. The van der Waals surface area contributed by atoms with Gasteiger partial charge in [0.25, 0.3) is 0 Å². The molecule has 0 saturated heterocycles. The van der Waals surface area contributed by atoms with Gasteiger partial charge in [-0.3, -0.25) is 0 Å². The van der Waals surface area contributed by atoms with Crippen LogP contribution in [0.4, 0.5) is 0 Å². The van der Waals surface area contributed by atoms with Crippen LogP contribution >= 0.6 is 27.3 Å². The highest BCUT2D eigenvalue weighted by Crippen LogP contribution is 2.26.